The monoisotopic (exact) mass is 367 g/mol. The highest BCUT2D eigenvalue weighted by Gasteiger charge is 2.29. The van der Waals surface area contributed by atoms with Gasteiger partial charge in [-0.25, -0.2) is 4.99 Å². The number of hydrogen-bond acceptors (Lipinski definition) is 3. The molecule has 1 aliphatic rings. The van der Waals surface area contributed by atoms with Crippen molar-refractivity contribution in [2.45, 2.75) is 26.0 Å². The van der Waals surface area contributed by atoms with E-state index in [2.05, 4.69) is 41.8 Å². The molecule has 1 heterocycles. The second-order valence-corrected chi connectivity index (χ2v) is 6.64. The van der Waals surface area contributed by atoms with E-state index in [0.29, 0.717) is 12.5 Å². The lowest BCUT2D eigenvalue weighted by atomic mass is 9.95. The Labute approximate surface area is 161 Å². The van der Waals surface area contributed by atoms with Gasteiger partial charge in [-0.1, -0.05) is 48.5 Å². The molecule has 0 saturated carbocycles. The van der Waals surface area contributed by atoms with Crippen molar-refractivity contribution < 1.29 is 9.47 Å². The lowest BCUT2D eigenvalue weighted by Crippen LogP contribution is -2.40. The normalized spacial score (nSPS) is 19.7. The van der Waals surface area contributed by atoms with Crippen LogP contribution in [0.25, 0.3) is 0 Å². The van der Waals surface area contributed by atoms with Gasteiger partial charge in [0.25, 0.3) is 0 Å². The molecule has 0 bridgehead atoms. The van der Waals surface area contributed by atoms with Gasteiger partial charge in [-0.2, -0.15) is 0 Å². The first kappa shape index (κ1) is 19.2. The summed E-state index contributed by atoms with van der Waals surface area (Å²) in [6, 6.07) is 18.5. The van der Waals surface area contributed by atoms with E-state index in [9.17, 15) is 0 Å². The average molecular weight is 367 g/mol. The second-order valence-electron chi connectivity index (χ2n) is 6.64. The summed E-state index contributed by atoms with van der Waals surface area (Å²) in [5.41, 5.74) is 2.32. The third-order valence-electron chi connectivity index (χ3n) is 4.82. The molecule has 144 valence electrons. The Kier molecular flexibility index (Phi) is 7.11. The number of ether oxygens (including phenoxy) is 2. The quantitative estimate of drug-likeness (QED) is 0.581. The van der Waals surface area contributed by atoms with Crippen LogP contribution in [0.4, 0.5) is 0 Å². The van der Waals surface area contributed by atoms with Crippen LogP contribution in [0, 0.1) is 5.92 Å². The van der Waals surface area contributed by atoms with E-state index >= 15 is 0 Å². The summed E-state index contributed by atoms with van der Waals surface area (Å²) < 4.78 is 11.4. The van der Waals surface area contributed by atoms with Gasteiger partial charge in [0, 0.05) is 31.2 Å². The maximum absolute atomic E-state index is 5.99. The standard InChI is InChI=1S/C22H29N3O2/c1-3-23-22(24-15-18-11-7-8-12-20(18)26-2)25-16-19-13-14-27-21(19)17-9-5-4-6-10-17/h4-12,19,21H,3,13-16H2,1-2H3,(H2,23,24,25). The number of nitrogens with zero attached hydrogens (tertiary/aromatic N) is 1. The predicted molar refractivity (Wildman–Crippen MR) is 109 cm³/mol. The van der Waals surface area contributed by atoms with Gasteiger partial charge < -0.3 is 20.1 Å². The van der Waals surface area contributed by atoms with E-state index in [1.165, 1.54) is 5.56 Å². The van der Waals surface area contributed by atoms with E-state index in [1.807, 2.05) is 30.3 Å². The summed E-state index contributed by atoms with van der Waals surface area (Å²) in [5, 5.41) is 6.81. The Morgan fingerprint density at radius 3 is 2.67 bits per heavy atom. The lowest BCUT2D eigenvalue weighted by molar-refractivity contribution is 0.0915. The molecule has 0 radical (unpaired) electrons. The largest absolute Gasteiger partial charge is 0.496 e. The Morgan fingerprint density at radius 1 is 1.11 bits per heavy atom. The van der Waals surface area contributed by atoms with Crippen LogP contribution in [-0.2, 0) is 11.3 Å². The zero-order valence-corrected chi connectivity index (χ0v) is 16.2. The highest BCUT2D eigenvalue weighted by molar-refractivity contribution is 5.79. The molecule has 3 rings (SSSR count). The summed E-state index contributed by atoms with van der Waals surface area (Å²) in [4.78, 5) is 4.72. The second kappa shape index (κ2) is 9.97. The molecule has 1 aliphatic heterocycles. The van der Waals surface area contributed by atoms with Crippen LogP contribution in [0.3, 0.4) is 0 Å². The van der Waals surface area contributed by atoms with Crippen LogP contribution in [0.5, 0.6) is 5.75 Å². The SMILES string of the molecule is CCNC(=NCc1ccccc1OC)NCC1CCOC1c1ccccc1. The van der Waals surface area contributed by atoms with Crippen molar-refractivity contribution >= 4 is 5.96 Å². The van der Waals surface area contributed by atoms with Crippen LogP contribution in [-0.4, -0.2) is 32.8 Å². The number of para-hydroxylation sites is 1. The van der Waals surface area contributed by atoms with Crippen LogP contribution in [0.1, 0.15) is 30.6 Å². The van der Waals surface area contributed by atoms with E-state index < -0.39 is 0 Å². The fourth-order valence-corrected chi connectivity index (χ4v) is 3.42. The molecule has 1 fully saturated rings. The highest BCUT2D eigenvalue weighted by atomic mass is 16.5. The lowest BCUT2D eigenvalue weighted by Gasteiger charge is -2.21. The van der Waals surface area contributed by atoms with Crippen molar-refractivity contribution in [3.8, 4) is 5.75 Å². The van der Waals surface area contributed by atoms with Crippen molar-refractivity contribution in [3.63, 3.8) is 0 Å². The van der Waals surface area contributed by atoms with E-state index in [1.54, 1.807) is 7.11 Å². The van der Waals surface area contributed by atoms with Gasteiger partial charge in [-0.3, -0.25) is 0 Å². The predicted octanol–water partition coefficient (Wildman–Crippen LogP) is 3.53. The minimum Gasteiger partial charge on any atom is -0.496 e. The molecule has 1 saturated heterocycles. The zero-order chi connectivity index (χ0) is 18.9. The number of benzene rings is 2. The van der Waals surface area contributed by atoms with Crippen molar-refractivity contribution in [1.82, 2.24) is 10.6 Å². The molecule has 2 N–H and O–H groups in total. The molecule has 27 heavy (non-hydrogen) atoms. The molecule has 5 heteroatoms. The molecule has 0 aliphatic carbocycles. The van der Waals surface area contributed by atoms with Crippen LogP contribution < -0.4 is 15.4 Å². The first-order chi connectivity index (χ1) is 13.3. The van der Waals surface area contributed by atoms with Crippen LogP contribution in [0.2, 0.25) is 0 Å². The van der Waals surface area contributed by atoms with Gasteiger partial charge in [-0.05, 0) is 25.0 Å². The summed E-state index contributed by atoms with van der Waals surface area (Å²) in [6.45, 7) is 5.10. The topological polar surface area (TPSA) is 54.9 Å². The van der Waals surface area contributed by atoms with Gasteiger partial charge in [0.05, 0.1) is 19.8 Å². The molecule has 0 aromatic heterocycles. The summed E-state index contributed by atoms with van der Waals surface area (Å²) in [5.74, 6) is 2.12. The van der Waals surface area contributed by atoms with Crippen LogP contribution in [0.15, 0.2) is 59.6 Å². The minimum atomic E-state index is 0.149. The van der Waals surface area contributed by atoms with Crippen LogP contribution >= 0.6 is 0 Å². The minimum absolute atomic E-state index is 0.149. The van der Waals surface area contributed by atoms with E-state index in [0.717, 1.165) is 43.4 Å². The maximum Gasteiger partial charge on any atom is 0.191 e. The zero-order valence-electron chi connectivity index (χ0n) is 16.2. The molecule has 5 nitrogen and oxygen atoms in total. The Balaban J connectivity index is 1.62. The molecule has 2 unspecified atom stereocenters. The van der Waals surface area contributed by atoms with Gasteiger partial charge >= 0.3 is 0 Å². The van der Waals surface area contributed by atoms with Crippen molar-refractivity contribution in [2.24, 2.45) is 10.9 Å². The molecular formula is C22H29N3O2. The number of hydrogen-bond donors (Lipinski definition) is 2. The molecule has 2 atom stereocenters. The summed E-state index contributed by atoms with van der Waals surface area (Å²) >= 11 is 0. The van der Waals surface area contributed by atoms with Crippen molar-refractivity contribution in [3.05, 3.63) is 65.7 Å². The van der Waals surface area contributed by atoms with E-state index in [-0.39, 0.29) is 6.10 Å². The first-order valence-electron chi connectivity index (χ1n) is 9.62. The highest BCUT2D eigenvalue weighted by Crippen LogP contribution is 2.33. The molecule has 2 aromatic carbocycles. The molecule has 2 aromatic rings. The third-order valence-corrected chi connectivity index (χ3v) is 4.82. The Hall–Kier alpha value is -2.53. The first-order valence-corrected chi connectivity index (χ1v) is 9.62. The molecular weight excluding hydrogens is 338 g/mol. The van der Waals surface area contributed by atoms with Crippen molar-refractivity contribution in [1.29, 1.82) is 0 Å². The van der Waals surface area contributed by atoms with Gasteiger partial charge in [0.2, 0.25) is 0 Å². The summed E-state index contributed by atoms with van der Waals surface area (Å²) in [6.07, 6.45) is 1.20. The maximum atomic E-state index is 5.99. The third kappa shape index (κ3) is 5.23. The van der Waals surface area contributed by atoms with E-state index in [4.69, 9.17) is 14.5 Å². The van der Waals surface area contributed by atoms with Gasteiger partial charge in [-0.15, -0.1) is 0 Å². The number of rotatable bonds is 7. The smallest absolute Gasteiger partial charge is 0.191 e. The number of guanidine groups is 1. The fourth-order valence-electron chi connectivity index (χ4n) is 3.42. The van der Waals surface area contributed by atoms with Gasteiger partial charge in [0.1, 0.15) is 5.75 Å². The number of aliphatic imine (C=N–C) groups is 1. The molecule has 0 amide bonds. The fraction of sp³-hybridized carbons (Fsp3) is 0.409. The Bertz CT molecular complexity index is 733. The van der Waals surface area contributed by atoms with Crippen molar-refractivity contribution in [2.75, 3.05) is 26.8 Å². The Morgan fingerprint density at radius 2 is 1.89 bits per heavy atom. The average Bonchev–Trinajstić information content (AvgIpc) is 3.19. The van der Waals surface area contributed by atoms with Gasteiger partial charge in [0.15, 0.2) is 5.96 Å². The molecule has 0 spiro atoms. The number of methoxy groups -OCH3 is 1. The number of nitrogens with one attached hydrogen (secondary N) is 2. The summed E-state index contributed by atoms with van der Waals surface area (Å²) in [7, 11) is 1.69.